The lowest BCUT2D eigenvalue weighted by Crippen LogP contribution is -2.08. The highest BCUT2D eigenvalue weighted by molar-refractivity contribution is 5.90. The van der Waals surface area contributed by atoms with E-state index >= 15 is 0 Å². The minimum Gasteiger partial charge on any atom is -0.497 e. The summed E-state index contributed by atoms with van der Waals surface area (Å²) < 4.78 is 10.7. The van der Waals surface area contributed by atoms with Gasteiger partial charge in [0.15, 0.2) is 0 Å². The van der Waals surface area contributed by atoms with E-state index in [0.717, 1.165) is 10.9 Å². The first kappa shape index (κ1) is 17.8. The Balaban J connectivity index is 1.97. The number of hydrogen-bond donors (Lipinski definition) is 3. The van der Waals surface area contributed by atoms with Crippen LogP contribution in [0.4, 0.5) is 17.5 Å². The summed E-state index contributed by atoms with van der Waals surface area (Å²) in [6.07, 6.45) is 0.644. The summed E-state index contributed by atoms with van der Waals surface area (Å²) in [5, 5.41) is 16.4. The third kappa shape index (κ3) is 3.94. The largest absolute Gasteiger partial charge is 0.497 e. The molecule has 0 fully saturated rings. The Bertz CT molecular complexity index is 886. The van der Waals surface area contributed by atoms with Gasteiger partial charge >= 0.3 is 0 Å². The maximum atomic E-state index is 9.00. The summed E-state index contributed by atoms with van der Waals surface area (Å²) in [4.78, 5) is 9.17. The fourth-order valence-corrected chi connectivity index (χ4v) is 2.59. The summed E-state index contributed by atoms with van der Waals surface area (Å²) in [6.45, 7) is 0.752. The average Bonchev–Trinajstić information content (AvgIpc) is 2.68. The zero-order valence-electron chi connectivity index (χ0n) is 14.8. The second-order valence-corrected chi connectivity index (χ2v) is 5.61. The second kappa shape index (κ2) is 8.35. The van der Waals surface area contributed by atoms with Gasteiger partial charge in [-0.25, -0.2) is 4.98 Å². The Labute approximate surface area is 152 Å². The van der Waals surface area contributed by atoms with Crippen molar-refractivity contribution in [3.8, 4) is 11.5 Å². The fourth-order valence-electron chi connectivity index (χ4n) is 2.59. The van der Waals surface area contributed by atoms with E-state index < -0.39 is 0 Å². The third-order valence-corrected chi connectivity index (χ3v) is 3.88. The number of anilines is 3. The number of nitrogens with one attached hydrogen (secondary N) is 2. The minimum atomic E-state index is 0.127. The maximum absolute atomic E-state index is 9.00. The quantitative estimate of drug-likeness (QED) is 0.535. The number of para-hydroxylation sites is 1. The zero-order chi connectivity index (χ0) is 18.4. The van der Waals surface area contributed by atoms with Gasteiger partial charge < -0.3 is 25.2 Å². The number of ether oxygens (including phenoxy) is 2. The Morgan fingerprint density at radius 1 is 1.04 bits per heavy atom. The number of benzene rings is 2. The standard InChI is InChI=1S/C19H22N4O3/c1-25-13-8-9-17(26-2)16(12-13)22-19-21-15-7-4-3-6-14(15)18(23-19)20-10-5-11-24/h3-4,6-9,12,24H,5,10-11H2,1-2H3,(H2,20,21,22,23). The van der Waals surface area contributed by atoms with Crippen molar-refractivity contribution >= 4 is 28.4 Å². The Kier molecular flexibility index (Phi) is 5.70. The Hall–Kier alpha value is -3.06. The van der Waals surface area contributed by atoms with Crippen LogP contribution in [0.2, 0.25) is 0 Å². The predicted molar refractivity (Wildman–Crippen MR) is 103 cm³/mol. The van der Waals surface area contributed by atoms with E-state index in [1.54, 1.807) is 14.2 Å². The van der Waals surface area contributed by atoms with Gasteiger partial charge in [-0.1, -0.05) is 12.1 Å². The van der Waals surface area contributed by atoms with Gasteiger partial charge in [0.25, 0.3) is 0 Å². The second-order valence-electron chi connectivity index (χ2n) is 5.61. The highest BCUT2D eigenvalue weighted by Gasteiger charge is 2.11. The lowest BCUT2D eigenvalue weighted by atomic mass is 10.2. The number of aliphatic hydroxyl groups is 1. The first-order chi connectivity index (χ1) is 12.7. The molecule has 1 heterocycles. The van der Waals surface area contributed by atoms with Crippen LogP contribution in [0, 0.1) is 0 Å². The topological polar surface area (TPSA) is 88.5 Å². The Morgan fingerprint density at radius 2 is 1.88 bits per heavy atom. The van der Waals surface area contributed by atoms with Gasteiger partial charge in [-0.3, -0.25) is 0 Å². The fraction of sp³-hybridized carbons (Fsp3) is 0.263. The number of nitrogens with zero attached hydrogens (tertiary/aromatic N) is 2. The van der Waals surface area contributed by atoms with Gasteiger partial charge in [0.2, 0.25) is 5.95 Å². The van der Waals surface area contributed by atoms with E-state index in [0.29, 0.717) is 41.9 Å². The molecule has 3 aromatic rings. The van der Waals surface area contributed by atoms with Gasteiger partial charge in [0.1, 0.15) is 17.3 Å². The van der Waals surface area contributed by atoms with Crippen LogP contribution in [0.25, 0.3) is 10.9 Å². The van der Waals surface area contributed by atoms with E-state index in [1.165, 1.54) is 0 Å². The van der Waals surface area contributed by atoms with Crippen molar-refractivity contribution in [3.05, 3.63) is 42.5 Å². The lowest BCUT2D eigenvalue weighted by Gasteiger charge is -2.14. The first-order valence-corrected chi connectivity index (χ1v) is 8.35. The molecule has 26 heavy (non-hydrogen) atoms. The normalized spacial score (nSPS) is 10.6. The molecule has 7 heteroatoms. The van der Waals surface area contributed by atoms with Crippen LogP contribution in [-0.2, 0) is 0 Å². The van der Waals surface area contributed by atoms with Crippen molar-refractivity contribution in [2.75, 3.05) is 38.0 Å². The van der Waals surface area contributed by atoms with Gasteiger partial charge in [-0.15, -0.1) is 0 Å². The highest BCUT2D eigenvalue weighted by atomic mass is 16.5. The smallest absolute Gasteiger partial charge is 0.229 e. The average molecular weight is 354 g/mol. The van der Waals surface area contributed by atoms with Gasteiger partial charge in [0.05, 0.1) is 25.4 Å². The lowest BCUT2D eigenvalue weighted by molar-refractivity contribution is 0.292. The van der Waals surface area contributed by atoms with Crippen LogP contribution in [0.15, 0.2) is 42.5 Å². The summed E-state index contributed by atoms with van der Waals surface area (Å²) in [5.41, 5.74) is 1.53. The molecule has 0 saturated carbocycles. The molecule has 0 bridgehead atoms. The van der Waals surface area contributed by atoms with Crippen molar-refractivity contribution in [3.63, 3.8) is 0 Å². The number of aromatic nitrogens is 2. The molecule has 1 aromatic heterocycles. The van der Waals surface area contributed by atoms with Crippen molar-refractivity contribution in [2.45, 2.75) is 6.42 Å². The minimum absolute atomic E-state index is 0.127. The van der Waals surface area contributed by atoms with Gasteiger partial charge in [0, 0.05) is 24.6 Å². The summed E-state index contributed by atoms with van der Waals surface area (Å²) >= 11 is 0. The molecule has 0 saturated heterocycles. The molecule has 0 unspecified atom stereocenters. The molecule has 0 atom stereocenters. The molecule has 7 nitrogen and oxygen atoms in total. The summed E-state index contributed by atoms with van der Waals surface area (Å²) in [7, 11) is 3.22. The van der Waals surface area contributed by atoms with Crippen molar-refractivity contribution in [1.29, 1.82) is 0 Å². The van der Waals surface area contributed by atoms with Crippen LogP contribution >= 0.6 is 0 Å². The molecular formula is C19H22N4O3. The predicted octanol–water partition coefficient (Wildman–Crippen LogP) is 3.18. The molecule has 3 rings (SSSR count). The van der Waals surface area contributed by atoms with E-state index in [2.05, 4.69) is 20.6 Å². The molecule has 136 valence electrons. The van der Waals surface area contributed by atoms with E-state index in [1.807, 2.05) is 42.5 Å². The van der Waals surface area contributed by atoms with E-state index in [-0.39, 0.29) is 6.61 Å². The molecule has 0 aliphatic rings. The molecule has 0 radical (unpaired) electrons. The van der Waals surface area contributed by atoms with Crippen LogP contribution in [0.1, 0.15) is 6.42 Å². The monoisotopic (exact) mass is 354 g/mol. The zero-order valence-corrected chi connectivity index (χ0v) is 14.8. The maximum Gasteiger partial charge on any atom is 0.229 e. The van der Waals surface area contributed by atoms with Gasteiger partial charge in [-0.05, 0) is 30.7 Å². The molecule has 0 spiro atoms. The molecule has 3 N–H and O–H groups in total. The molecule has 0 amide bonds. The van der Waals surface area contributed by atoms with Crippen LogP contribution < -0.4 is 20.1 Å². The molecule has 0 aliphatic carbocycles. The molecule has 2 aromatic carbocycles. The highest BCUT2D eigenvalue weighted by Crippen LogP contribution is 2.31. The van der Waals surface area contributed by atoms with E-state index in [9.17, 15) is 0 Å². The van der Waals surface area contributed by atoms with Crippen LogP contribution in [0.3, 0.4) is 0 Å². The van der Waals surface area contributed by atoms with Crippen molar-refractivity contribution < 1.29 is 14.6 Å². The summed E-state index contributed by atoms with van der Waals surface area (Å²) in [5.74, 6) is 2.53. The van der Waals surface area contributed by atoms with E-state index in [4.69, 9.17) is 14.6 Å². The number of rotatable bonds is 8. The van der Waals surface area contributed by atoms with Crippen molar-refractivity contribution in [1.82, 2.24) is 9.97 Å². The first-order valence-electron chi connectivity index (χ1n) is 8.35. The summed E-state index contributed by atoms with van der Waals surface area (Å²) in [6, 6.07) is 13.3. The Morgan fingerprint density at radius 3 is 2.65 bits per heavy atom. The number of methoxy groups -OCH3 is 2. The van der Waals surface area contributed by atoms with Crippen LogP contribution in [-0.4, -0.2) is 42.4 Å². The number of aliphatic hydroxyl groups excluding tert-OH is 1. The van der Waals surface area contributed by atoms with Crippen LogP contribution in [0.5, 0.6) is 11.5 Å². The number of fused-ring (bicyclic) bond motifs is 1. The number of hydrogen-bond acceptors (Lipinski definition) is 7. The van der Waals surface area contributed by atoms with Gasteiger partial charge in [-0.2, -0.15) is 4.98 Å². The molecular weight excluding hydrogens is 332 g/mol. The third-order valence-electron chi connectivity index (χ3n) is 3.88. The molecule has 0 aliphatic heterocycles. The SMILES string of the molecule is COc1ccc(OC)c(Nc2nc(NCCCO)c3ccccc3n2)c1. The van der Waals surface area contributed by atoms with Crippen molar-refractivity contribution in [2.24, 2.45) is 0 Å².